The van der Waals surface area contributed by atoms with Crippen LogP contribution in [-0.2, 0) is 11.3 Å². The summed E-state index contributed by atoms with van der Waals surface area (Å²) in [6.07, 6.45) is -0.704. The molecule has 8 heteroatoms. The smallest absolute Gasteiger partial charge is 0.339 e. The molecule has 0 amide bonds. The Morgan fingerprint density at radius 2 is 1.87 bits per heavy atom. The van der Waals surface area contributed by atoms with Gasteiger partial charge in [-0.2, -0.15) is 0 Å². The van der Waals surface area contributed by atoms with Crippen LogP contribution >= 0.6 is 0 Å². The van der Waals surface area contributed by atoms with Crippen molar-refractivity contribution in [1.82, 2.24) is 15.4 Å². The fourth-order valence-corrected chi connectivity index (χ4v) is 2.95. The molecule has 4 rings (SSSR count). The van der Waals surface area contributed by atoms with Gasteiger partial charge in [0.05, 0.1) is 16.8 Å². The van der Waals surface area contributed by atoms with Crippen LogP contribution in [0.15, 0.2) is 63.5 Å². The van der Waals surface area contributed by atoms with Crippen LogP contribution in [0.5, 0.6) is 5.75 Å². The first-order chi connectivity index (χ1) is 15.0. The van der Waals surface area contributed by atoms with E-state index in [4.69, 9.17) is 18.4 Å². The van der Waals surface area contributed by atoms with Crippen LogP contribution in [0.2, 0.25) is 0 Å². The molecule has 0 aliphatic heterocycles. The fraction of sp³-hybridized carbons (Fsp3) is 0.217. The number of aryl methyl sites for hydroxylation is 2. The Bertz CT molecular complexity index is 1160. The molecule has 0 aliphatic rings. The van der Waals surface area contributed by atoms with Gasteiger partial charge in [0.25, 0.3) is 5.89 Å². The molecule has 0 aliphatic carbocycles. The Kier molecular flexibility index (Phi) is 5.79. The molecular weight excluding hydrogens is 398 g/mol. The van der Waals surface area contributed by atoms with Crippen LogP contribution in [0.3, 0.4) is 0 Å². The molecule has 0 bridgehead atoms. The van der Waals surface area contributed by atoms with Crippen LogP contribution in [-0.4, -0.2) is 21.3 Å². The monoisotopic (exact) mass is 419 g/mol. The highest BCUT2D eigenvalue weighted by Gasteiger charge is 2.20. The van der Waals surface area contributed by atoms with Crippen molar-refractivity contribution in [2.24, 2.45) is 0 Å². The first-order valence-corrected chi connectivity index (χ1v) is 9.75. The van der Waals surface area contributed by atoms with Crippen molar-refractivity contribution in [3.63, 3.8) is 0 Å². The van der Waals surface area contributed by atoms with Crippen LogP contribution in [0, 0.1) is 13.8 Å². The number of esters is 1. The van der Waals surface area contributed by atoms with Crippen LogP contribution in [0.4, 0.5) is 0 Å². The highest BCUT2D eigenvalue weighted by molar-refractivity contribution is 5.90. The zero-order chi connectivity index (χ0) is 21.8. The molecule has 31 heavy (non-hydrogen) atoms. The first kappa shape index (κ1) is 20.3. The molecule has 2 aromatic carbocycles. The van der Waals surface area contributed by atoms with Gasteiger partial charge in [-0.25, -0.2) is 4.79 Å². The summed E-state index contributed by atoms with van der Waals surface area (Å²) in [5.41, 5.74) is 2.80. The van der Waals surface area contributed by atoms with Gasteiger partial charge in [-0.3, -0.25) is 0 Å². The molecule has 4 aromatic rings. The Hall–Kier alpha value is -3.94. The average molecular weight is 419 g/mol. The number of hydrogen-bond donors (Lipinski definition) is 0. The molecule has 0 saturated carbocycles. The minimum absolute atomic E-state index is 0.220. The highest BCUT2D eigenvalue weighted by atomic mass is 16.6. The minimum Gasteiger partial charge on any atom is -0.489 e. The lowest BCUT2D eigenvalue weighted by molar-refractivity contribution is 0.0279. The number of rotatable bonds is 7. The second-order valence-corrected chi connectivity index (χ2v) is 6.98. The van der Waals surface area contributed by atoms with E-state index in [1.807, 2.05) is 44.2 Å². The van der Waals surface area contributed by atoms with Crippen molar-refractivity contribution >= 4 is 5.97 Å². The van der Waals surface area contributed by atoms with Gasteiger partial charge < -0.3 is 18.4 Å². The Morgan fingerprint density at radius 1 is 1.06 bits per heavy atom. The number of hydrogen-bond acceptors (Lipinski definition) is 8. The molecule has 0 radical (unpaired) electrons. The normalized spacial score (nSPS) is 11.8. The predicted molar refractivity (Wildman–Crippen MR) is 110 cm³/mol. The molecule has 0 unspecified atom stereocenters. The van der Waals surface area contributed by atoms with Gasteiger partial charge >= 0.3 is 5.97 Å². The number of carbonyl (C=O) groups is 1. The van der Waals surface area contributed by atoms with E-state index in [1.54, 1.807) is 31.2 Å². The van der Waals surface area contributed by atoms with Crippen LogP contribution in [0.1, 0.15) is 46.3 Å². The molecule has 2 aromatic heterocycles. The van der Waals surface area contributed by atoms with Gasteiger partial charge in [-0.1, -0.05) is 29.4 Å². The summed E-state index contributed by atoms with van der Waals surface area (Å²) in [4.78, 5) is 12.6. The highest BCUT2D eigenvalue weighted by Crippen LogP contribution is 2.24. The zero-order valence-electron chi connectivity index (χ0n) is 17.4. The number of aromatic nitrogens is 3. The SMILES string of the molecule is Cc1noc(C)c1COc1cccc(C(=O)O[C@H](C)c2nnc(-c3ccccc3)o2)c1. The summed E-state index contributed by atoms with van der Waals surface area (Å²) in [6.45, 7) is 5.65. The first-order valence-electron chi connectivity index (χ1n) is 9.75. The Balaban J connectivity index is 1.40. The van der Waals surface area contributed by atoms with E-state index < -0.39 is 12.1 Å². The molecule has 0 spiro atoms. The Morgan fingerprint density at radius 3 is 2.61 bits per heavy atom. The fourth-order valence-electron chi connectivity index (χ4n) is 2.95. The van der Waals surface area contributed by atoms with E-state index >= 15 is 0 Å². The molecule has 0 N–H and O–H groups in total. The average Bonchev–Trinajstić information content (AvgIpc) is 3.40. The van der Waals surface area contributed by atoms with Crippen molar-refractivity contribution < 1.29 is 23.2 Å². The third-order valence-corrected chi connectivity index (χ3v) is 4.73. The van der Waals surface area contributed by atoms with Crippen molar-refractivity contribution in [2.45, 2.75) is 33.5 Å². The van der Waals surface area contributed by atoms with Gasteiger partial charge in [-0.15, -0.1) is 10.2 Å². The molecule has 2 heterocycles. The molecule has 0 saturated heterocycles. The quantitative estimate of drug-likeness (QED) is 0.392. The summed E-state index contributed by atoms with van der Waals surface area (Å²) >= 11 is 0. The molecule has 1 atom stereocenters. The van der Waals surface area contributed by atoms with Gasteiger partial charge in [0.15, 0.2) is 6.10 Å². The summed E-state index contributed by atoms with van der Waals surface area (Å²) in [5.74, 6) is 1.31. The summed E-state index contributed by atoms with van der Waals surface area (Å²) in [6, 6.07) is 16.2. The van der Waals surface area contributed by atoms with E-state index in [1.165, 1.54) is 0 Å². The van der Waals surface area contributed by atoms with E-state index in [0.717, 1.165) is 16.8 Å². The van der Waals surface area contributed by atoms with Gasteiger partial charge in [0, 0.05) is 5.56 Å². The van der Waals surface area contributed by atoms with Crippen molar-refractivity contribution in [3.05, 3.63) is 83.1 Å². The van der Waals surface area contributed by atoms with E-state index in [9.17, 15) is 4.79 Å². The maximum absolute atomic E-state index is 12.6. The standard InChI is InChI=1S/C23H21N3O5/c1-14-20(15(2)31-26-14)13-28-19-11-7-10-18(12-19)23(27)29-16(3)21-24-25-22(30-21)17-8-5-4-6-9-17/h4-12,16H,13H2,1-3H3/t16-/m1/s1. The largest absolute Gasteiger partial charge is 0.489 e. The summed E-state index contributed by atoms with van der Waals surface area (Å²) in [5, 5.41) is 11.9. The summed E-state index contributed by atoms with van der Waals surface area (Å²) in [7, 11) is 0. The molecule has 8 nitrogen and oxygen atoms in total. The number of benzene rings is 2. The maximum Gasteiger partial charge on any atom is 0.339 e. The van der Waals surface area contributed by atoms with Gasteiger partial charge in [-0.05, 0) is 51.1 Å². The van der Waals surface area contributed by atoms with E-state index in [0.29, 0.717) is 29.6 Å². The topological polar surface area (TPSA) is 100 Å². The van der Waals surface area contributed by atoms with Gasteiger partial charge in [0.2, 0.25) is 5.89 Å². The van der Waals surface area contributed by atoms with Crippen molar-refractivity contribution in [2.75, 3.05) is 0 Å². The second kappa shape index (κ2) is 8.83. The molecule has 158 valence electrons. The van der Waals surface area contributed by atoms with Crippen LogP contribution < -0.4 is 4.74 Å². The molecular formula is C23H21N3O5. The van der Waals surface area contributed by atoms with E-state index in [-0.39, 0.29) is 5.89 Å². The van der Waals surface area contributed by atoms with Gasteiger partial charge in [0.1, 0.15) is 18.1 Å². The third-order valence-electron chi connectivity index (χ3n) is 4.73. The predicted octanol–water partition coefficient (Wildman–Crippen LogP) is 4.84. The number of nitrogens with zero attached hydrogens (tertiary/aromatic N) is 3. The van der Waals surface area contributed by atoms with Crippen molar-refractivity contribution in [3.8, 4) is 17.2 Å². The molecule has 0 fully saturated rings. The maximum atomic E-state index is 12.6. The summed E-state index contributed by atoms with van der Waals surface area (Å²) < 4.78 is 22.1. The third kappa shape index (κ3) is 4.63. The van der Waals surface area contributed by atoms with Crippen LogP contribution in [0.25, 0.3) is 11.5 Å². The lowest BCUT2D eigenvalue weighted by Gasteiger charge is -2.11. The zero-order valence-corrected chi connectivity index (χ0v) is 17.4. The second-order valence-electron chi connectivity index (χ2n) is 6.98. The van der Waals surface area contributed by atoms with Crippen molar-refractivity contribution in [1.29, 1.82) is 0 Å². The lowest BCUT2D eigenvalue weighted by atomic mass is 10.2. The number of carbonyl (C=O) groups excluding carboxylic acids is 1. The minimum atomic E-state index is -0.704. The van der Waals surface area contributed by atoms with E-state index in [2.05, 4.69) is 15.4 Å². The number of ether oxygens (including phenoxy) is 2. The lowest BCUT2D eigenvalue weighted by Crippen LogP contribution is -2.10. The Labute approximate surface area is 178 Å².